The molecular weight excluding hydrogens is 574 g/mol. The Hall–Kier alpha value is -3.39. The number of aliphatic hydroxyl groups excluding tert-OH is 1. The number of aromatic nitrogens is 3. The molecule has 1 aliphatic carbocycles. The molecule has 1 aliphatic heterocycles. The lowest BCUT2D eigenvalue weighted by atomic mass is 10.1. The van der Waals surface area contributed by atoms with E-state index in [4.69, 9.17) is 23.2 Å². The number of aliphatic hydroxyl groups is 1. The highest BCUT2D eigenvalue weighted by Crippen LogP contribution is 2.36. The van der Waals surface area contributed by atoms with E-state index in [9.17, 15) is 27.9 Å². The Balaban J connectivity index is 1.40. The van der Waals surface area contributed by atoms with Crippen LogP contribution in [0, 0.1) is 0 Å². The third-order valence-corrected chi connectivity index (χ3v) is 7.20. The van der Waals surface area contributed by atoms with Crippen LogP contribution in [0.3, 0.4) is 0 Å². The second-order valence-electron chi connectivity index (χ2n) is 9.89. The van der Waals surface area contributed by atoms with Crippen LogP contribution in [0.5, 0.6) is 0 Å². The standard InChI is InChI=1S/C25H24Cl2F3N7O3/c1-24(9-10-24)32-22(39)16-3-2-4-17(27)20(16)37-13-31-19(33-37)12-36-23(40)35(11-18(38)25(28,29)30)21(34-36)14-5-7-15(26)8-6-14/h2-8,13,18-19,33,38H,9-12H2,1H3,(H,32,39)/t18-,19?/m0/s1. The van der Waals surface area contributed by atoms with Crippen molar-refractivity contribution < 1.29 is 23.1 Å². The first kappa shape index (κ1) is 28.1. The van der Waals surface area contributed by atoms with Crippen molar-refractivity contribution in [1.29, 1.82) is 0 Å². The molecule has 1 fully saturated rings. The molecule has 0 spiro atoms. The molecule has 2 aromatic carbocycles. The minimum Gasteiger partial charge on any atom is -0.382 e. The van der Waals surface area contributed by atoms with E-state index in [1.807, 2.05) is 6.92 Å². The Morgan fingerprint density at radius 1 is 1.23 bits per heavy atom. The number of halogens is 5. The van der Waals surface area contributed by atoms with Crippen LogP contribution in [-0.4, -0.2) is 55.7 Å². The van der Waals surface area contributed by atoms with Crippen molar-refractivity contribution in [1.82, 2.24) is 25.1 Å². The number of amides is 1. The quantitative estimate of drug-likeness (QED) is 0.365. The van der Waals surface area contributed by atoms with Gasteiger partial charge < -0.3 is 10.4 Å². The Morgan fingerprint density at radius 3 is 2.58 bits per heavy atom. The smallest absolute Gasteiger partial charge is 0.382 e. The van der Waals surface area contributed by atoms with Gasteiger partial charge >= 0.3 is 11.9 Å². The fourth-order valence-electron chi connectivity index (χ4n) is 4.16. The summed E-state index contributed by atoms with van der Waals surface area (Å²) in [5.74, 6) is -0.385. The van der Waals surface area contributed by atoms with Gasteiger partial charge in [0, 0.05) is 16.1 Å². The van der Waals surface area contributed by atoms with Crippen LogP contribution in [-0.2, 0) is 13.1 Å². The van der Waals surface area contributed by atoms with Gasteiger partial charge in [0.05, 0.1) is 29.4 Å². The number of rotatable bonds is 8. The molecule has 1 amide bonds. The molecule has 0 bridgehead atoms. The molecule has 0 saturated heterocycles. The van der Waals surface area contributed by atoms with Gasteiger partial charge in [0.1, 0.15) is 12.5 Å². The van der Waals surface area contributed by atoms with Crippen LogP contribution in [0.2, 0.25) is 10.0 Å². The molecule has 1 saturated carbocycles. The Morgan fingerprint density at radius 2 is 1.93 bits per heavy atom. The number of hydrogen-bond donors (Lipinski definition) is 3. The third-order valence-electron chi connectivity index (χ3n) is 6.64. The van der Waals surface area contributed by atoms with Crippen LogP contribution in [0.4, 0.5) is 18.9 Å². The summed E-state index contributed by atoms with van der Waals surface area (Å²) in [6.07, 6.45) is -5.35. The number of nitrogens with zero attached hydrogens (tertiary/aromatic N) is 5. The fourth-order valence-corrected chi connectivity index (χ4v) is 4.55. The first-order valence-electron chi connectivity index (χ1n) is 12.2. The number of hydrazine groups is 1. The SMILES string of the molecule is CC1(NC(=O)c2cccc(Cl)c2N2C=NC(Cn3nc(-c4ccc(Cl)cc4)n(C[C@H](O)C(F)(F)F)c3=O)N2)CC1. The Bertz CT molecular complexity index is 1520. The van der Waals surface area contributed by atoms with Gasteiger partial charge in [-0.2, -0.15) is 13.2 Å². The number of carbonyl (C=O) groups excluding carboxylic acids is 1. The average Bonchev–Trinajstić information content (AvgIpc) is 3.30. The van der Waals surface area contributed by atoms with E-state index in [0.717, 1.165) is 22.1 Å². The molecule has 1 aromatic heterocycles. The van der Waals surface area contributed by atoms with Crippen LogP contribution in [0.15, 0.2) is 52.3 Å². The largest absolute Gasteiger partial charge is 0.416 e. The van der Waals surface area contributed by atoms with E-state index in [1.54, 1.807) is 18.2 Å². The third kappa shape index (κ3) is 5.87. The summed E-state index contributed by atoms with van der Waals surface area (Å²) in [4.78, 5) is 30.5. The molecule has 3 aromatic rings. The summed E-state index contributed by atoms with van der Waals surface area (Å²) in [5, 5.41) is 19.0. The molecule has 2 atom stereocenters. The van der Waals surface area contributed by atoms with E-state index in [-0.39, 0.29) is 28.8 Å². The Kier molecular flexibility index (Phi) is 7.42. The zero-order valence-corrected chi connectivity index (χ0v) is 22.5. The van der Waals surface area contributed by atoms with Crippen molar-refractivity contribution in [2.24, 2.45) is 4.99 Å². The van der Waals surface area contributed by atoms with Crippen molar-refractivity contribution in [3.63, 3.8) is 0 Å². The minimum atomic E-state index is -4.94. The predicted molar refractivity (Wildman–Crippen MR) is 143 cm³/mol. The monoisotopic (exact) mass is 597 g/mol. The number of anilines is 1. The van der Waals surface area contributed by atoms with Gasteiger partial charge in [-0.15, -0.1) is 5.10 Å². The lowest BCUT2D eigenvalue weighted by Crippen LogP contribution is -2.43. The van der Waals surface area contributed by atoms with E-state index >= 15 is 0 Å². The lowest BCUT2D eigenvalue weighted by molar-refractivity contribution is -0.207. The number of benzene rings is 2. The summed E-state index contributed by atoms with van der Waals surface area (Å²) in [7, 11) is 0. The maximum atomic E-state index is 13.2. The fraction of sp³-hybridized carbons (Fsp3) is 0.360. The van der Waals surface area contributed by atoms with Crippen LogP contribution >= 0.6 is 23.2 Å². The molecule has 10 nitrogen and oxygen atoms in total. The zero-order chi connectivity index (χ0) is 28.8. The van der Waals surface area contributed by atoms with Gasteiger partial charge in [-0.1, -0.05) is 29.3 Å². The van der Waals surface area contributed by atoms with Gasteiger partial charge in [0.2, 0.25) is 0 Å². The summed E-state index contributed by atoms with van der Waals surface area (Å²) in [5.41, 5.74) is 2.89. The topological polar surface area (TPSA) is 117 Å². The average molecular weight is 598 g/mol. The highest BCUT2D eigenvalue weighted by molar-refractivity contribution is 6.34. The summed E-state index contributed by atoms with van der Waals surface area (Å²) in [6, 6.07) is 10.9. The van der Waals surface area contributed by atoms with Crippen molar-refractivity contribution in [2.75, 3.05) is 5.01 Å². The van der Waals surface area contributed by atoms with Crippen LogP contribution in [0.1, 0.15) is 30.1 Å². The number of para-hydroxylation sites is 1. The van der Waals surface area contributed by atoms with Crippen molar-refractivity contribution in [2.45, 2.75) is 56.8 Å². The molecule has 2 heterocycles. The number of hydrogen-bond acceptors (Lipinski definition) is 7. The summed E-state index contributed by atoms with van der Waals surface area (Å²) < 4.78 is 41.1. The highest BCUT2D eigenvalue weighted by atomic mass is 35.5. The molecule has 212 valence electrons. The number of alkyl halides is 3. The van der Waals surface area contributed by atoms with Crippen LogP contribution in [0.25, 0.3) is 11.4 Å². The first-order valence-corrected chi connectivity index (χ1v) is 13.0. The maximum Gasteiger partial charge on any atom is 0.416 e. The normalized spacial score (nSPS) is 18.7. The van der Waals surface area contributed by atoms with Crippen molar-refractivity contribution >= 4 is 41.1 Å². The second-order valence-corrected chi connectivity index (χ2v) is 10.7. The van der Waals surface area contributed by atoms with Gasteiger partial charge in [-0.25, -0.2) is 14.9 Å². The number of aliphatic imine (C=N–C) groups is 1. The van der Waals surface area contributed by atoms with E-state index in [0.29, 0.717) is 21.8 Å². The zero-order valence-electron chi connectivity index (χ0n) is 21.0. The molecule has 3 N–H and O–H groups in total. The van der Waals surface area contributed by atoms with E-state index in [1.165, 1.54) is 35.6 Å². The highest BCUT2D eigenvalue weighted by Gasteiger charge is 2.40. The molecule has 1 unspecified atom stereocenters. The molecule has 5 rings (SSSR count). The van der Waals surface area contributed by atoms with Gasteiger partial charge in [-0.3, -0.25) is 19.4 Å². The molecule has 2 aliphatic rings. The van der Waals surface area contributed by atoms with Gasteiger partial charge in [0.25, 0.3) is 5.91 Å². The lowest BCUT2D eigenvalue weighted by Gasteiger charge is -2.22. The number of nitrogens with one attached hydrogen (secondary N) is 2. The second kappa shape index (κ2) is 10.5. The minimum absolute atomic E-state index is 0.0811. The Labute approximate surface area is 236 Å². The van der Waals surface area contributed by atoms with Crippen molar-refractivity contribution in [3.05, 3.63) is 68.6 Å². The maximum absolute atomic E-state index is 13.2. The van der Waals surface area contributed by atoms with Crippen LogP contribution < -0.4 is 21.4 Å². The molecule has 40 heavy (non-hydrogen) atoms. The van der Waals surface area contributed by atoms with E-state index in [2.05, 4.69) is 20.8 Å². The van der Waals surface area contributed by atoms with Crippen molar-refractivity contribution in [3.8, 4) is 11.4 Å². The first-order chi connectivity index (χ1) is 18.8. The molecule has 15 heteroatoms. The van der Waals surface area contributed by atoms with E-state index < -0.39 is 30.7 Å². The molecular formula is C25H24Cl2F3N7O3. The predicted octanol–water partition coefficient (Wildman–Crippen LogP) is 3.60. The summed E-state index contributed by atoms with van der Waals surface area (Å²) in [6.45, 7) is 0.722. The molecule has 0 radical (unpaired) electrons. The van der Waals surface area contributed by atoms with Gasteiger partial charge in [0.15, 0.2) is 11.9 Å². The summed E-state index contributed by atoms with van der Waals surface area (Å²) >= 11 is 12.4. The van der Waals surface area contributed by atoms with Gasteiger partial charge in [-0.05, 0) is 56.2 Å². The number of carbonyl (C=O) groups is 1.